The van der Waals surface area contributed by atoms with Gasteiger partial charge in [0.1, 0.15) is 12.7 Å². The number of carbonyl (C=O) groups is 2. The van der Waals surface area contributed by atoms with E-state index in [4.69, 9.17) is 9.47 Å². The molecule has 4 aliphatic carbocycles. The van der Waals surface area contributed by atoms with Gasteiger partial charge in [-0.05, 0) is 67.3 Å². The molecule has 4 saturated carbocycles. The second kappa shape index (κ2) is 7.28. The number of cyclic esters (lactones) is 1. The summed E-state index contributed by atoms with van der Waals surface area (Å²) in [6.45, 7) is 5.65. The average molecular weight is 449 g/mol. The van der Waals surface area contributed by atoms with Crippen molar-refractivity contribution in [3.63, 3.8) is 0 Å². The van der Waals surface area contributed by atoms with E-state index < -0.39 is 41.1 Å². The van der Waals surface area contributed by atoms with Gasteiger partial charge in [-0.2, -0.15) is 0 Å². The van der Waals surface area contributed by atoms with Gasteiger partial charge in [-0.3, -0.25) is 4.79 Å². The van der Waals surface area contributed by atoms with E-state index in [1.54, 1.807) is 0 Å². The van der Waals surface area contributed by atoms with E-state index in [2.05, 4.69) is 6.92 Å². The third-order valence-corrected chi connectivity index (χ3v) is 10.3. The van der Waals surface area contributed by atoms with Crippen LogP contribution in [0, 0.1) is 34.5 Å². The molecule has 10 atom stereocenters. The number of hydrogen-bond acceptors (Lipinski definition) is 7. The monoisotopic (exact) mass is 448 g/mol. The molecule has 7 heteroatoms. The number of rotatable bonds is 2. The van der Waals surface area contributed by atoms with Crippen LogP contribution in [0.3, 0.4) is 0 Å². The fourth-order valence-electron chi connectivity index (χ4n) is 8.73. The van der Waals surface area contributed by atoms with Gasteiger partial charge in [0, 0.05) is 30.8 Å². The lowest BCUT2D eigenvalue weighted by atomic mass is 9.42. The Morgan fingerprint density at radius 2 is 1.91 bits per heavy atom. The van der Waals surface area contributed by atoms with Crippen molar-refractivity contribution in [2.24, 2.45) is 34.5 Å². The first kappa shape index (κ1) is 22.4. The highest BCUT2D eigenvalue weighted by molar-refractivity contribution is 5.85. The summed E-state index contributed by atoms with van der Waals surface area (Å²) in [5, 5.41) is 34.3. The maximum Gasteiger partial charge on any atom is 0.331 e. The van der Waals surface area contributed by atoms with Crippen molar-refractivity contribution < 1.29 is 34.4 Å². The predicted molar refractivity (Wildman–Crippen MR) is 114 cm³/mol. The Morgan fingerprint density at radius 3 is 2.56 bits per heavy atom. The predicted octanol–water partition coefficient (Wildman–Crippen LogP) is 2.12. The molecule has 178 valence electrons. The molecule has 7 nitrogen and oxygen atoms in total. The van der Waals surface area contributed by atoms with Crippen molar-refractivity contribution in [2.45, 2.75) is 89.6 Å². The summed E-state index contributed by atoms with van der Waals surface area (Å²) >= 11 is 0. The van der Waals surface area contributed by atoms with Gasteiger partial charge in [0.15, 0.2) is 0 Å². The molecule has 4 fully saturated rings. The van der Waals surface area contributed by atoms with E-state index in [1.807, 2.05) is 6.92 Å². The number of ether oxygens (including phenoxy) is 2. The minimum absolute atomic E-state index is 0.0333. The molecule has 32 heavy (non-hydrogen) atoms. The van der Waals surface area contributed by atoms with Crippen LogP contribution in [0.2, 0.25) is 0 Å². The van der Waals surface area contributed by atoms with Crippen LogP contribution in [0.25, 0.3) is 0 Å². The van der Waals surface area contributed by atoms with Crippen molar-refractivity contribution in [2.75, 3.05) is 6.61 Å². The van der Waals surface area contributed by atoms with Gasteiger partial charge < -0.3 is 24.8 Å². The van der Waals surface area contributed by atoms with E-state index >= 15 is 0 Å². The topological polar surface area (TPSA) is 113 Å². The summed E-state index contributed by atoms with van der Waals surface area (Å²) in [6, 6.07) is 0. The molecule has 5 aliphatic rings. The molecule has 3 N–H and O–H groups in total. The van der Waals surface area contributed by atoms with Crippen LogP contribution < -0.4 is 0 Å². The first-order valence-corrected chi connectivity index (χ1v) is 12.1. The lowest BCUT2D eigenvalue weighted by molar-refractivity contribution is -0.245. The number of aliphatic hydroxyl groups is 3. The van der Waals surface area contributed by atoms with Gasteiger partial charge in [-0.25, -0.2) is 4.79 Å². The number of aliphatic hydroxyl groups excluding tert-OH is 2. The number of carbonyl (C=O) groups excluding carboxylic acids is 2. The minimum Gasteiger partial charge on any atom is -0.462 e. The summed E-state index contributed by atoms with van der Waals surface area (Å²) in [5.74, 6) is -0.851. The molecule has 5 rings (SSSR count). The standard InChI is InChI=1S/C25H36O7/c1-13(26)32-19-11-25(30)17-5-4-15-9-16(27)6-7-23(15,2)18(17)10-20(28)24(25,3)22(19)14-8-21(29)31-12-14/h8,15-20,22,27-28,30H,4-7,9-12H2,1-3H3/t15-,16+,17?,18?,19?,20-,22+,23+,24-,25+/m1/s1. The van der Waals surface area contributed by atoms with E-state index in [0.29, 0.717) is 17.9 Å². The highest BCUT2D eigenvalue weighted by Crippen LogP contribution is 2.70. The summed E-state index contributed by atoms with van der Waals surface area (Å²) < 4.78 is 10.9. The van der Waals surface area contributed by atoms with Crippen LogP contribution in [-0.4, -0.2) is 57.8 Å². The van der Waals surface area contributed by atoms with Gasteiger partial charge in [-0.15, -0.1) is 0 Å². The maximum atomic E-state index is 12.4. The van der Waals surface area contributed by atoms with Gasteiger partial charge in [0.2, 0.25) is 0 Å². The maximum absolute atomic E-state index is 12.4. The van der Waals surface area contributed by atoms with E-state index in [0.717, 1.165) is 32.1 Å². The fraction of sp³-hybridized carbons (Fsp3) is 0.840. The van der Waals surface area contributed by atoms with Crippen LogP contribution in [0.1, 0.15) is 65.7 Å². The summed E-state index contributed by atoms with van der Waals surface area (Å²) in [4.78, 5) is 23.8. The number of hydrogen-bond donors (Lipinski definition) is 3. The van der Waals surface area contributed by atoms with Crippen LogP contribution in [0.4, 0.5) is 0 Å². The third kappa shape index (κ3) is 2.90. The quantitative estimate of drug-likeness (QED) is 0.555. The highest BCUT2D eigenvalue weighted by Gasteiger charge is 2.73. The van der Waals surface area contributed by atoms with E-state index in [1.165, 1.54) is 13.0 Å². The average Bonchev–Trinajstić information content (AvgIpc) is 3.22. The highest BCUT2D eigenvalue weighted by atomic mass is 16.5. The molecular weight excluding hydrogens is 412 g/mol. The van der Waals surface area contributed by atoms with E-state index in [-0.39, 0.29) is 36.4 Å². The normalized spacial score (nSPS) is 52.4. The molecule has 1 heterocycles. The molecule has 0 aromatic rings. The van der Waals surface area contributed by atoms with E-state index in [9.17, 15) is 24.9 Å². The van der Waals surface area contributed by atoms with Gasteiger partial charge in [0.05, 0.1) is 17.8 Å². The van der Waals surface area contributed by atoms with Crippen LogP contribution in [0.5, 0.6) is 0 Å². The molecule has 0 aromatic heterocycles. The zero-order chi connectivity index (χ0) is 23.1. The second-order valence-corrected chi connectivity index (χ2v) is 11.5. The smallest absolute Gasteiger partial charge is 0.331 e. The summed E-state index contributed by atoms with van der Waals surface area (Å²) in [7, 11) is 0. The van der Waals surface area contributed by atoms with Gasteiger partial charge in [0.25, 0.3) is 0 Å². The van der Waals surface area contributed by atoms with Crippen LogP contribution >= 0.6 is 0 Å². The molecule has 1 aliphatic heterocycles. The van der Waals surface area contributed by atoms with Crippen molar-refractivity contribution >= 4 is 11.9 Å². The van der Waals surface area contributed by atoms with Crippen molar-refractivity contribution in [1.29, 1.82) is 0 Å². The van der Waals surface area contributed by atoms with Crippen molar-refractivity contribution in [3.05, 3.63) is 11.6 Å². The lowest BCUT2D eigenvalue weighted by Gasteiger charge is -2.64. The Bertz CT molecular complexity index is 853. The van der Waals surface area contributed by atoms with Crippen LogP contribution in [-0.2, 0) is 19.1 Å². The first-order valence-electron chi connectivity index (χ1n) is 12.1. The lowest BCUT2D eigenvalue weighted by Crippen LogP contribution is -2.67. The Hall–Kier alpha value is -1.44. The largest absolute Gasteiger partial charge is 0.462 e. The minimum atomic E-state index is -1.23. The number of esters is 2. The number of fused-ring (bicyclic) bond motifs is 5. The Balaban J connectivity index is 1.57. The SMILES string of the molecule is CC(=O)OC1C[C@]2(O)C3CC[C@@H]4C[C@@H](O)CC[C@]4(C)C3C[C@@H](O)[C@]2(C)[C@H]1C1=CC(=O)OC1. The molecule has 0 aromatic carbocycles. The molecular formula is C25H36O7. The third-order valence-electron chi connectivity index (χ3n) is 10.3. The zero-order valence-electron chi connectivity index (χ0n) is 19.3. The zero-order valence-corrected chi connectivity index (χ0v) is 19.3. The Labute approximate surface area is 189 Å². The summed E-state index contributed by atoms with van der Waals surface area (Å²) in [5.41, 5.74) is -1.53. The van der Waals surface area contributed by atoms with Gasteiger partial charge in [-0.1, -0.05) is 13.8 Å². The van der Waals surface area contributed by atoms with Crippen molar-refractivity contribution in [1.82, 2.24) is 0 Å². The molecule has 0 radical (unpaired) electrons. The molecule has 0 amide bonds. The van der Waals surface area contributed by atoms with Crippen molar-refractivity contribution in [3.8, 4) is 0 Å². The molecule has 3 unspecified atom stereocenters. The Morgan fingerprint density at radius 1 is 1.16 bits per heavy atom. The molecule has 0 spiro atoms. The molecule has 0 bridgehead atoms. The van der Waals surface area contributed by atoms with Gasteiger partial charge >= 0.3 is 11.9 Å². The second-order valence-electron chi connectivity index (χ2n) is 11.5. The summed E-state index contributed by atoms with van der Waals surface area (Å²) in [6.07, 6.45) is 4.78. The fourth-order valence-corrected chi connectivity index (χ4v) is 8.73. The van der Waals surface area contributed by atoms with Crippen LogP contribution in [0.15, 0.2) is 11.6 Å². The Kier molecular flexibility index (Phi) is 5.08. The molecule has 0 saturated heterocycles. The first-order chi connectivity index (χ1) is 15.0.